The molecule has 0 radical (unpaired) electrons. The van der Waals surface area contributed by atoms with Crippen molar-refractivity contribution in [1.82, 2.24) is 0 Å². The first-order valence-corrected chi connectivity index (χ1v) is 9.80. The fraction of sp³-hybridized carbons (Fsp3) is 0.625. The van der Waals surface area contributed by atoms with Gasteiger partial charge in [-0.05, 0) is 37.2 Å². The average molecular weight is 345 g/mol. The van der Waals surface area contributed by atoms with E-state index < -0.39 is 0 Å². The molecule has 0 bridgehead atoms. The molecule has 0 heterocycles. The molecule has 1 atom stereocenters. The largest absolute Gasteiger partial charge is 0.285 e. The van der Waals surface area contributed by atoms with E-state index >= 15 is 0 Å². The van der Waals surface area contributed by atoms with Gasteiger partial charge in [0.15, 0.2) is 0 Å². The predicted molar refractivity (Wildman–Crippen MR) is 113 cm³/mol. The summed E-state index contributed by atoms with van der Waals surface area (Å²) in [5.74, 6) is 6.70. The van der Waals surface area contributed by atoms with E-state index in [9.17, 15) is 4.79 Å². The Labute approximate surface area is 157 Å². The Balaban J connectivity index is 0. The lowest BCUT2D eigenvalue weighted by molar-refractivity contribution is -0.111. The van der Waals surface area contributed by atoms with Crippen molar-refractivity contribution in [2.45, 2.75) is 87.5 Å². The maximum absolute atomic E-state index is 10.5. The van der Waals surface area contributed by atoms with Crippen LogP contribution in [0.1, 0.15) is 85.3 Å². The standard InChI is InChI=1S/C11H18O.C9H12.C4H10/c1-4-5-6-7-10(2)8-9-11(3)12;1-3-9-6-4-5-8(2)7-9;1-4(2)3/h10H,4-7H2,1-3H3;4-7H,3H2,1-2H3;4H,1-3H3. The van der Waals surface area contributed by atoms with Gasteiger partial charge in [-0.25, -0.2) is 0 Å². The molecule has 1 heteroatoms. The first kappa shape index (κ1) is 25.7. The van der Waals surface area contributed by atoms with Crippen molar-refractivity contribution in [2.75, 3.05) is 0 Å². The highest BCUT2D eigenvalue weighted by Gasteiger charge is 1.95. The molecular formula is C24H40O. The Morgan fingerprint density at radius 1 is 1.08 bits per heavy atom. The Morgan fingerprint density at radius 3 is 2.08 bits per heavy atom. The summed E-state index contributed by atoms with van der Waals surface area (Å²) < 4.78 is 0. The van der Waals surface area contributed by atoms with Crippen molar-refractivity contribution in [2.24, 2.45) is 11.8 Å². The summed E-state index contributed by atoms with van der Waals surface area (Å²) in [5, 5.41) is 0. The van der Waals surface area contributed by atoms with Crippen molar-refractivity contribution in [3.05, 3.63) is 35.4 Å². The van der Waals surface area contributed by atoms with Crippen molar-refractivity contribution in [3.63, 3.8) is 0 Å². The summed E-state index contributed by atoms with van der Waals surface area (Å²) >= 11 is 0. The zero-order chi connectivity index (χ0) is 19.7. The zero-order valence-corrected chi connectivity index (χ0v) is 17.9. The summed E-state index contributed by atoms with van der Waals surface area (Å²) in [4.78, 5) is 10.5. The summed E-state index contributed by atoms with van der Waals surface area (Å²) in [6.07, 6.45) is 6.00. The molecule has 25 heavy (non-hydrogen) atoms. The van der Waals surface area contributed by atoms with Crippen LogP contribution in [-0.2, 0) is 11.2 Å². The predicted octanol–water partition coefficient (Wildman–Crippen LogP) is 7.01. The molecule has 142 valence electrons. The molecule has 0 aliphatic heterocycles. The second-order valence-corrected chi connectivity index (χ2v) is 7.30. The van der Waals surface area contributed by atoms with Crippen LogP contribution in [0, 0.1) is 30.6 Å². The van der Waals surface area contributed by atoms with Gasteiger partial charge in [-0.1, -0.05) is 96.6 Å². The Kier molecular flexibility index (Phi) is 17.8. The van der Waals surface area contributed by atoms with Crippen LogP contribution in [0.3, 0.4) is 0 Å². The molecule has 0 saturated carbocycles. The molecule has 0 aromatic heterocycles. The molecule has 1 aromatic rings. The number of aryl methyl sites for hydroxylation is 2. The third-order valence-corrected chi connectivity index (χ3v) is 3.23. The molecule has 0 aliphatic carbocycles. The maximum atomic E-state index is 10.5. The number of carbonyl (C=O) groups is 1. The van der Waals surface area contributed by atoms with Gasteiger partial charge in [0.25, 0.3) is 0 Å². The van der Waals surface area contributed by atoms with E-state index in [1.54, 1.807) is 0 Å². The summed E-state index contributed by atoms with van der Waals surface area (Å²) in [6.45, 7) is 16.6. The third kappa shape index (κ3) is 22.4. The van der Waals surface area contributed by atoms with Gasteiger partial charge in [0, 0.05) is 12.8 Å². The minimum absolute atomic E-state index is 0.0302. The number of hydrogen-bond acceptors (Lipinski definition) is 1. The second-order valence-electron chi connectivity index (χ2n) is 7.30. The van der Waals surface area contributed by atoms with Crippen LogP contribution in [0.4, 0.5) is 0 Å². The van der Waals surface area contributed by atoms with Gasteiger partial charge in [0.1, 0.15) is 0 Å². The number of carbonyl (C=O) groups excluding carboxylic acids is 1. The molecule has 0 spiro atoms. The van der Waals surface area contributed by atoms with Crippen LogP contribution in [0.15, 0.2) is 24.3 Å². The van der Waals surface area contributed by atoms with Crippen molar-refractivity contribution in [1.29, 1.82) is 0 Å². The fourth-order valence-corrected chi connectivity index (χ4v) is 1.93. The topological polar surface area (TPSA) is 17.1 Å². The van der Waals surface area contributed by atoms with Crippen LogP contribution in [0.5, 0.6) is 0 Å². The van der Waals surface area contributed by atoms with Crippen LogP contribution in [0.25, 0.3) is 0 Å². The SMILES string of the molecule is CC(C)C.CCCCCC(C)C#CC(C)=O.CCc1cccc(C)c1. The van der Waals surface area contributed by atoms with Gasteiger partial charge < -0.3 is 0 Å². The lowest BCUT2D eigenvalue weighted by Gasteiger charge is -2.00. The number of rotatable bonds is 5. The fourth-order valence-electron chi connectivity index (χ4n) is 1.93. The zero-order valence-electron chi connectivity index (χ0n) is 17.9. The normalized spacial score (nSPS) is 10.4. The van der Waals surface area contributed by atoms with E-state index in [1.165, 1.54) is 37.3 Å². The van der Waals surface area contributed by atoms with Gasteiger partial charge in [-0.15, -0.1) is 0 Å². The van der Waals surface area contributed by atoms with E-state index in [2.05, 4.69) is 84.6 Å². The Hall–Kier alpha value is -1.55. The second kappa shape index (κ2) is 17.3. The average Bonchev–Trinajstić information content (AvgIpc) is 2.53. The molecule has 0 N–H and O–H groups in total. The van der Waals surface area contributed by atoms with Crippen molar-refractivity contribution < 1.29 is 4.79 Å². The van der Waals surface area contributed by atoms with Gasteiger partial charge in [-0.2, -0.15) is 0 Å². The van der Waals surface area contributed by atoms with Crippen LogP contribution in [0.2, 0.25) is 0 Å². The first-order chi connectivity index (χ1) is 11.7. The third-order valence-electron chi connectivity index (χ3n) is 3.23. The van der Waals surface area contributed by atoms with Crippen LogP contribution >= 0.6 is 0 Å². The van der Waals surface area contributed by atoms with Gasteiger partial charge in [0.2, 0.25) is 5.78 Å². The Bertz CT molecular complexity index is 500. The molecule has 0 fully saturated rings. The molecule has 0 amide bonds. The van der Waals surface area contributed by atoms with Crippen molar-refractivity contribution in [3.8, 4) is 11.8 Å². The van der Waals surface area contributed by atoms with Gasteiger partial charge >= 0.3 is 0 Å². The summed E-state index contributed by atoms with van der Waals surface area (Å²) in [7, 11) is 0. The molecule has 1 unspecified atom stereocenters. The highest BCUT2D eigenvalue weighted by atomic mass is 16.1. The molecule has 1 rings (SSSR count). The minimum atomic E-state index is -0.0302. The van der Waals surface area contributed by atoms with E-state index in [-0.39, 0.29) is 5.78 Å². The number of Topliss-reactive ketones (excluding diaryl/α,β-unsaturated/α-hetero) is 1. The van der Waals surface area contributed by atoms with Crippen molar-refractivity contribution >= 4 is 5.78 Å². The smallest absolute Gasteiger partial charge is 0.202 e. The number of hydrogen-bond donors (Lipinski definition) is 0. The highest BCUT2D eigenvalue weighted by molar-refractivity contribution is 5.93. The lowest BCUT2D eigenvalue weighted by Crippen LogP contribution is -1.91. The lowest BCUT2D eigenvalue weighted by atomic mass is 10.0. The minimum Gasteiger partial charge on any atom is -0.285 e. The number of benzene rings is 1. The molecule has 0 aliphatic rings. The van der Waals surface area contributed by atoms with E-state index in [1.807, 2.05) is 0 Å². The van der Waals surface area contributed by atoms with Gasteiger partial charge in [-0.3, -0.25) is 4.79 Å². The molecule has 1 nitrogen and oxygen atoms in total. The quantitative estimate of drug-likeness (QED) is 0.319. The summed E-state index contributed by atoms with van der Waals surface area (Å²) in [6, 6.07) is 8.61. The summed E-state index contributed by atoms with van der Waals surface area (Å²) in [5.41, 5.74) is 2.78. The molecule has 1 aromatic carbocycles. The van der Waals surface area contributed by atoms with E-state index in [0.717, 1.165) is 18.8 Å². The highest BCUT2D eigenvalue weighted by Crippen LogP contribution is 2.07. The van der Waals surface area contributed by atoms with Gasteiger partial charge in [0.05, 0.1) is 0 Å². The number of unbranched alkanes of at least 4 members (excludes halogenated alkanes) is 2. The van der Waals surface area contributed by atoms with Crippen LogP contribution in [-0.4, -0.2) is 5.78 Å². The molecular weight excluding hydrogens is 304 g/mol. The first-order valence-electron chi connectivity index (χ1n) is 9.80. The number of ketones is 1. The Morgan fingerprint density at radius 2 is 1.68 bits per heavy atom. The van der Waals surface area contributed by atoms with Crippen LogP contribution < -0.4 is 0 Å². The van der Waals surface area contributed by atoms with E-state index in [4.69, 9.17) is 0 Å². The monoisotopic (exact) mass is 344 g/mol. The van der Waals surface area contributed by atoms with E-state index in [0.29, 0.717) is 5.92 Å². The molecule has 0 saturated heterocycles. The maximum Gasteiger partial charge on any atom is 0.202 e.